The van der Waals surface area contributed by atoms with E-state index in [4.69, 9.17) is 13.9 Å². The van der Waals surface area contributed by atoms with Crippen LogP contribution in [0.2, 0.25) is 0 Å². The Morgan fingerprint density at radius 1 is 1.07 bits per heavy atom. The van der Waals surface area contributed by atoms with Crippen molar-refractivity contribution in [3.63, 3.8) is 0 Å². The summed E-state index contributed by atoms with van der Waals surface area (Å²) in [7, 11) is 1.64. The van der Waals surface area contributed by atoms with Gasteiger partial charge in [-0.25, -0.2) is 0 Å². The van der Waals surface area contributed by atoms with Crippen LogP contribution in [0, 0.1) is 0 Å². The van der Waals surface area contributed by atoms with Gasteiger partial charge in [0.25, 0.3) is 0 Å². The van der Waals surface area contributed by atoms with Crippen LogP contribution in [0.3, 0.4) is 0 Å². The van der Waals surface area contributed by atoms with E-state index in [-0.39, 0.29) is 5.97 Å². The monoisotopic (exact) mass is 365 g/mol. The molecule has 0 atom stereocenters. The van der Waals surface area contributed by atoms with Crippen LogP contribution in [0.4, 0.5) is 0 Å². The Morgan fingerprint density at radius 2 is 1.93 bits per heavy atom. The van der Waals surface area contributed by atoms with Crippen LogP contribution in [0.15, 0.2) is 65.3 Å². The first kappa shape index (κ1) is 18.7. The molecule has 0 unspecified atom stereocenters. The second-order valence-electron chi connectivity index (χ2n) is 6.18. The predicted molar refractivity (Wildman–Crippen MR) is 103 cm³/mol. The maximum absolute atomic E-state index is 11.9. The Balaban J connectivity index is 1.39. The predicted octanol–water partition coefficient (Wildman–Crippen LogP) is 4.46. The molecular weight excluding hydrogens is 342 g/mol. The van der Waals surface area contributed by atoms with Gasteiger partial charge in [-0.05, 0) is 60.9 Å². The van der Waals surface area contributed by atoms with Gasteiger partial charge in [-0.3, -0.25) is 9.78 Å². The lowest BCUT2D eigenvalue weighted by atomic mass is 10.2. The molecule has 0 aliphatic carbocycles. The molecule has 140 valence electrons. The minimum atomic E-state index is -0.205. The first-order valence-corrected chi connectivity index (χ1v) is 9.02. The lowest BCUT2D eigenvalue weighted by Gasteiger charge is -2.04. The molecule has 2 heterocycles. The van der Waals surface area contributed by atoms with E-state index in [1.54, 1.807) is 13.3 Å². The van der Waals surface area contributed by atoms with E-state index >= 15 is 0 Å². The third kappa shape index (κ3) is 5.71. The van der Waals surface area contributed by atoms with E-state index in [2.05, 4.69) is 4.98 Å². The number of ether oxygens (including phenoxy) is 2. The van der Waals surface area contributed by atoms with Crippen LogP contribution in [0.25, 0.3) is 11.3 Å². The van der Waals surface area contributed by atoms with Gasteiger partial charge in [0.05, 0.1) is 20.1 Å². The van der Waals surface area contributed by atoms with Crippen molar-refractivity contribution in [2.75, 3.05) is 13.7 Å². The number of furan rings is 1. The zero-order chi connectivity index (χ0) is 18.9. The third-order valence-electron chi connectivity index (χ3n) is 4.21. The van der Waals surface area contributed by atoms with Crippen molar-refractivity contribution < 1.29 is 18.7 Å². The van der Waals surface area contributed by atoms with Gasteiger partial charge in [-0.2, -0.15) is 0 Å². The molecule has 0 bridgehead atoms. The number of carbonyl (C=O) groups excluding carboxylic acids is 1. The SMILES string of the molecule is COc1ccc(-c2ccc(CCC(=O)OCCCc3cccnc3)o2)cc1. The van der Waals surface area contributed by atoms with Crippen molar-refractivity contribution >= 4 is 5.97 Å². The van der Waals surface area contributed by atoms with Crippen molar-refractivity contribution in [3.8, 4) is 17.1 Å². The number of carbonyl (C=O) groups is 1. The maximum Gasteiger partial charge on any atom is 0.306 e. The van der Waals surface area contributed by atoms with Gasteiger partial charge < -0.3 is 13.9 Å². The Kier molecular flexibility index (Phi) is 6.63. The molecule has 3 rings (SSSR count). The van der Waals surface area contributed by atoms with E-state index in [0.717, 1.165) is 41.2 Å². The van der Waals surface area contributed by atoms with Crippen LogP contribution in [-0.2, 0) is 22.4 Å². The van der Waals surface area contributed by atoms with Gasteiger partial charge >= 0.3 is 5.97 Å². The first-order chi connectivity index (χ1) is 13.2. The quantitative estimate of drug-likeness (QED) is 0.414. The molecule has 0 fully saturated rings. The summed E-state index contributed by atoms with van der Waals surface area (Å²) in [5, 5.41) is 0. The van der Waals surface area contributed by atoms with Crippen molar-refractivity contribution in [2.24, 2.45) is 0 Å². The molecule has 3 aromatic rings. The van der Waals surface area contributed by atoms with Crippen molar-refractivity contribution in [2.45, 2.75) is 25.7 Å². The topological polar surface area (TPSA) is 61.6 Å². The molecule has 0 saturated carbocycles. The summed E-state index contributed by atoms with van der Waals surface area (Å²) in [6.07, 6.45) is 6.06. The van der Waals surface area contributed by atoms with Crippen LogP contribution in [0.5, 0.6) is 5.75 Å². The average molecular weight is 365 g/mol. The van der Waals surface area contributed by atoms with Gasteiger partial charge in [0.15, 0.2) is 0 Å². The second kappa shape index (κ2) is 9.57. The zero-order valence-electron chi connectivity index (χ0n) is 15.4. The van der Waals surface area contributed by atoms with Gasteiger partial charge in [0, 0.05) is 24.4 Å². The normalized spacial score (nSPS) is 10.6. The van der Waals surface area contributed by atoms with Crippen LogP contribution < -0.4 is 4.74 Å². The van der Waals surface area contributed by atoms with Crippen molar-refractivity contribution in [1.29, 1.82) is 0 Å². The molecule has 1 aromatic carbocycles. The number of benzene rings is 1. The Hall–Kier alpha value is -3.08. The average Bonchev–Trinajstić information content (AvgIpc) is 3.19. The Labute approximate surface area is 159 Å². The van der Waals surface area contributed by atoms with Crippen LogP contribution in [-0.4, -0.2) is 24.7 Å². The first-order valence-electron chi connectivity index (χ1n) is 9.02. The fraction of sp³-hybridized carbons (Fsp3) is 0.273. The highest BCUT2D eigenvalue weighted by Crippen LogP contribution is 2.25. The van der Waals surface area contributed by atoms with Gasteiger partial charge in [0.1, 0.15) is 17.3 Å². The Bertz CT molecular complexity index is 840. The third-order valence-corrected chi connectivity index (χ3v) is 4.21. The van der Waals surface area contributed by atoms with E-state index in [1.165, 1.54) is 0 Å². The molecule has 2 aromatic heterocycles. The lowest BCUT2D eigenvalue weighted by molar-refractivity contribution is -0.143. The number of hydrogen-bond donors (Lipinski definition) is 0. The van der Waals surface area contributed by atoms with Gasteiger partial charge in [-0.15, -0.1) is 0 Å². The molecule has 0 spiro atoms. The summed E-state index contributed by atoms with van der Waals surface area (Å²) >= 11 is 0. The molecule has 0 aliphatic rings. The van der Waals surface area contributed by atoms with Gasteiger partial charge in [-0.1, -0.05) is 6.07 Å². The van der Waals surface area contributed by atoms with Crippen molar-refractivity contribution in [3.05, 3.63) is 72.2 Å². The Morgan fingerprint density at radius 3 is 2.67 bits per heavy atom. The maximum atomic E-state index is 11.9. The number of nitrogens with zero attached hydrogens (tertiary/aromatic N) is 1. The molecule has 0 saturated heterocycles. The van der Waals surface area contributed by atoms with Gasteiger partial charge in [0.2, 0.25) is 0 Å². The summed E-state index contributed by atoms with van der Waals surface area (Å²) < 4.78 is 16.3. The highest BCUT2D eigenvalue weighted by Gasteiger charge is 2.09. The number of methoxy groups -OCH3 is 1. The lowest BCUT2D eigenvalue weighted by Crippen LogP contribution is -2.07. The van der Waals surface area contributed by atoms with E-state index < -0.39 is 0 Å². The summed E-state index contributed by atoms with van der Waals surface area (Å²) in [6.45, 7) is 0.420. The summed E-state index contributed by atoms with van der Waals surface area (Å²) in [5.41, 5.74) is 2.12. The fourth-order valence-corrected chi connectivity index (χ4v) is 2.73. The molecule has 0 aliphatic heterocycles. The number of hydrogen-bond acceptors (Lipinski definition) is 5. The van der Waals surface area contributed by atoms with E-state index in [9.17, 15) is 4.79 Å². The molecule has 0 N–H and O–H groups in total. The minimum Gasteiger partial charge on any atom is -0.497 e. The molecule has 27 heavy (non-hydrogen) atoms. The van der Waals surface area contributed by atoms with E-state index in [1.807, 2.05) is 54.7 Å². The number of rotatable bonds is 9. The highest BCUT2D eigenvalue weighted by atomic mass is 16.5. The standard InChI is InChI=1S/C22H23NO4/c1-25-19-8-6-18(7-9-19)21-12-10-20(27-21)11-13-22(24)26-15-3-5-17-4-2-14-23-16-17/h2,4,6-10,12,14,16H,3,5,11,13,15H2,1H3. The van der Waals surface area contributed by atoms with Crippen LogP contribution in [0.1, 0.15) is 24.2 Å². The number of aromatic nitrogens is 1. The molecular formula is C22H23NO4. The highest BCUT2D eigenvalue weighted by molar-refractivity contribution is 5.69. The van der Waals surface area contributed by atoms with Crippen molar-refractivity contribution in [1.82, 2.24) is 4.98 Å². The molecule has 5 heteroatoms. The molecule has 0 radical (unpaired) electrons. The summed E-state index contributed by atoms with van der Waals surface area (Å²) in [6, 6.07) is 15.4. The zero-order valence-corrected chi connectivity index (χ0v) is 15.4. The second-order valence-corrected chi connectivity index (χ2v) is 6.18. The number of aryl methyl sites for hydroxylation is 2. The minimum absolute atomic E-state index is 0.205. The number of esters is 1. The fourth-order valence-electron chi connectivity index (χ4n) is 2.73. The van der Waals surface area contributed by atoms with Crippen LogP contribution >= 0.6 is 0 Å². The smallest absolute Gasteiger partial charge is 0.306 e. The van der Waals surface area contributed by atoms with E-state index in [0.29, 0.717) is 19.4 Å². The summed E-state index contributed by atoms with van der Waals surface area (Å²) in [4.78, 5) is 16.0. The molecule has 0 amide bonds. The summed E-state index contributed by atoms with van der Waals surface area (Å²) in [5.74, 6) is 2.14. The molecule has 5 nitrogen and oxygen atoms in total. The number of pyridine rings is 1. The largest absolute Gasteiger partial charge is 0.497 e.